The Bertz CT molecular complexity index is 810. The van der Waals surface area contributed by atoms with E-state index in [4.69, 9.17) is 5.26 Å². The summed E-state index contributed by atoms with van der Waals surface area (Å²) in [6.45, 7) is 1.11. The molecule has 1 amide bonds. The van der Waals surface area contributed by atoms with Crippen LogP contribution in [0.3, 0.4) is 0 Å². The number of nitriles is 1. The molecule has 1 aromatic carbocycles. The van der Waals surface area contributed by atoms with Gasteiger partial charge in [-0.25, -0.2) is 8.42 Å². The number of thioether (sulfide) groups is 1. The van der Waals surface area contributed by atoms with Gasteiger partial charge in [0, 0.05) is 38.4 Å². The van der Waals surface area contributed by atoms with Gasteiger partial charge in [-0.2, -0.15) is 9.57 Å². The third-order valence-corrected chi connectivity index (χ3v) is 6.97. The highest BCUT2D eigenvalue weighted by Gasteiger charge is 2.29. The summed E-state index contributed by atoms with van der Waals surface area (Å²) in [6, 6.07) is 7.74. The number of ether oxygens (including phenoxy) is 1. The van der Waals surface area contributed by atoms with Gasteiger partial charge in [0.2, 0.25) is 15.9 Å². The summed E-state index contributed by atoms with van der Waals surface area (Å²) in [5, 5.41) is 8.81. The number of hydrogen-bond acceptors (Lipinski definition) is 7. The van der Waals surface area contributed by atoms with Gasteiger partial charge >= 0.3 is 5.97 Å². The fourth-order valence-electron chi connectivity index (χ4n) is 2.56. The standard InChI is InChI=1S/C17H21N3O5S2/c1-25-17(22)13-26-11-6-16(21)19-7-9-20(10-8-19)27(23,24)15-4-2-14(12-18)3-5-15/h2-5H,6-11,13H2,1H3. The van der Waals surface area contributed by atoms with Crippen LogP contribution in [0.5, 0.6) is 0 Å². The van der Waals surface area contributed by atoms with Crippen molar-refractivity contribution in [3.8, 4) is 6.07 Å². The van der Waals surface area contributed by atoms with Crippen LogP contribution in [0.1, 0.15) is 12.0 Å². The van der Waals surface area contributed by atoms with Crippen molar-refractivity contribution in [2.24, 2.45) is 0 Å². The lowest BCUT2D eigenvalue weighted by Crippen LogP contribution is -2.50. The molecular weight excluding hydrogens is 390 g/mol. The van der Waals surface area contributed by atoms with Crippen LogP contribution in [0.15, 0.2) is 29.2 Å². The van der Waals surface area contributed by atoms with E-state index in [1.54, 1.807) is 4.90 Å². The predicted octanol–water partition coefficient (Wildman–Crippen LogP) is 0.687. The van der Waals surface area contributed by atoms with Crippen molar-refractivity contribution in [2.75, 3.05) is 44.8 Å². The number of piperazine rings is 1. The minimum atomic E-state index is -3.64. The molecule has 0 atom stereocenters. The fourth-order valence-corrected chi connectivity index (χ4v) is 4.73. The monoisotopic (exact) mass is 411 g/mol. The minimum absolute atomic E-state index is 0.0530. The Labute approximate surface area is 163 Å². The van der Waals surface area contributed by atoms with Gasteiger partial charge in [0.1, 0.15) is 0 Å². The Morgan fingerprint density at radius 3 is 2.37 bits per heavy atom. The molecule has 1 saturated heterocycles. The normalized spacial score (nSPS) is 15.2. The highest BCUT2D eigenvalue weighted by molar-refractivity contribution is 7.99. The van der Waals surface area contributed by atoms with E-state index in [0.29, 0.717) is 30.8 Å². The molecule has 0 N–H and O–H groups in total. The molecule has 2 rings (SSSR count). The lowest BCUT2D eigenvalue weighted by atomic mass is 10.2. The molecule has 0 aliphatic carbocycles. The van der Waals surface area contributed by atoms with Crippen LogP contribution in [-0.2, 0) is 24.3 Å². The summed E-state index contributed by atoms with van der Waals surface area (Å²) in [6.07, 6.45) is 0.296. The quantitative estimate of drug-likeness (QED) is 0.480. The number of benzene rings is 1. The molecule has 1 fully saturated rings. The average Bonchev–Trinajstić information content (AvgIpc) is 2.70. The maximum absolute atomic E-state index is 12.7. The number of sulfonamides is 1. The number of esters is 1. The van der Waals surface area contributed by atoms with Crippen molar-refractivity contribution in [1.29, 1.82) is 5.26 Å². The van der Waals surface area contributed by atoms with Crippen molar-refractivity contribution < 1.29 is 22.7 Å². The zero-order chi connectivity index (χ0) is 19.9. The van der Waals surface area contributed by atoms with Crippen molar-refractivity contribution >= 4 is 33.7 Å². The van der Waals surface area contributed by atoms with Gasteiger partial charge in [-0.15, -0.1) is 11.8 Å². The number of methoxy groups -OCH3 is 1. The van der Waals surface area contributed by atoms with Gasteiger partial charge in [0.25, 0.3) is 0 Å². The molecule has 0 spiro atoms. The second-order valence-corrected chi connectivity index (χ2v) is 8.84. The molecule has 1 aliphatic heterocycles. The van der Waals surface area contributed by atoms with Gasteiger partial charge in [-0.05, 0) is 24.3 Å². The summed E-state index contributed by atoms with van der Waals surface area (Å²) in [7, 11) is -2.32. The number of rotatable bonds is 7. The fraction of sp³-hybridized carbons (Fsp3) is 0.471. The molecule has 0 saturated carbocycles. The summed E-state index contributed by atoms with van der Waals surface area (Å²) < 4.78 is 31.2. The second kappa shape index (κ2) is 9.73. The molecule has 1 aromatic rings. The molecule has 1 aliphatic rings. The molecule has 0 aromatic heterocycles. The Morgan fingerprint density at radius 1 is 1.19 bits per heavy atom. The summed E-state index contributed by atoms with van der Waals surface area (Å²) >= 11 is 1.33. The Kier molecular flexibility index (Phi) is 7.65. The first-order chi connectivity index (χ1) is 12.9. The van der Waals surface area contributed by atoms with E-state index in [-0.39, 0.29) is 35.6 Å². The maximum atomic E-state index is 12.7. The largest absolute Gasteiger partial charge is 0.468 e. The van der Waals surface area contributed by atoms with Crippen LogP contribution >= 0.6 is 11.8 Å². The van der Waals surface area contributed by atoms with E-state index < -0.39 is 10.0 Å². The maximum Gasteiger partial charge on any atom is 0.315 e. The molecule has 0 bridgehead atoms. The third-order valence-electron chi connectivity index (χ3n) is 4.12. The van der Waals surface area contributed by atoms with Crippen LogP contribution in [0.25, 0.3) is 0 Å². The van der Waals surface area contributed by atoms with Gasteiger partial charge in [-0.1, -0.05) is 0 Å². The SMILES string of the molecule is COC(=O)CSCCC(=O)N1CCN(S(=O)(=O)c2ccc(C#N)cc2)CC1. The number of carbonyl (C=O) groups excluding carboxylic acids is 2. The van der Waals surface area contributed by atoms with Crippen LogP contribution in [0.2, 0.25) is 0 Å². The molecule has 0 radical (unpaired) electrons. The summed E-state index contributed by atoms with van der Waals surface area (Å²) in [5.41, 5.74) is 0.398. The van der Waals surface area contributed by atoms with Gasteiger partial charge in [0.15, 0.2) is 0 Å². The zero-order valence-electron chi connectivity index (χ0n) is 15.0. The number of nitrogens with zero attached hydrogens (tertiary/aromatic N) is 3. The molecule has 8 nitrogen and oxygen atoms in total. The number of hydrogen-bond donors (Lipinski definition) is 0. The molecule has 10 heteroatoms. The third kappa shape index (κ3) is 5.69. The first-order valence-corrected chi connectivity index (χ1v) is 10.9. The van der Waals surface area contributed by atoms with Crippen LogP contribution in [-0.4, -0.2) is 74.3 Å². The second-order valence-electron chi connectivity index (χ2n) is 5.80. The van der Waals surface area contributed by atoms with Gasteiger partial charge in [0.05, 0.1) is 29.4 Å². The highest BCUT2D eigenvalue weighted by atomic mass is 32.2. The van der Waals surface area contributed by atoms with Crippen molar-refractivity contribution in [3.63, 3.8) is 0 Å². The van der Waals surface area contributed by atoms with Crippen LogP contribution < -0.4 is 0 Å². The molecule has 27 heavy (non-hydrogen) atoms. The summed E-state index contributed by atoms with van der Waals surface area (Å²) in [5.74, 6) is 0.342. The van der Waals surface area contributed by atoms with Gasteiger partial charge in [-0.3, -0.25) is 9.59 Å². The molecular formula is C17H21N3O5S2. The molecule has 0 unspecified atom stereocenters. The van der Waals surface area contributed by atoms with E-state index in [0.717, 1.165) is 0 Å². The predicted molar refractivity (Wildman–Crippen MR) is 100 cm³/mol. The minimum Gasteiger partial charge on any atom is -0.468 e. The first kappa shape index (κ1) is 21.2. The Balaban J connectivity index is 1.84. The Hall–Kier alpha value is -2.09. The average molecular weight is 412 g/mol. The summed E-state index contributed by atoms with van der Waals surface area (Å²) in [4.78, 5) is 25.0. The van der Waals surface area contributed by atoms with E-state index in [1.165, 1.54) is 47.4 Å². The van der Waals surface area contributed by atoms with Crippen molar-refractivity contribution in [1.82, 2.24) is 9.21 Å². The number of carbonyl (C=O) groups is 2. The Morgan fingerprint density at radius 2 is 1.81 bits per heavy atom. The van der Waals surface area contributed by atoms with Crippen molar-refractivity contribution in [3.05, 3.63) is 29.8 Å². The molecule has 1 heterocycles. The first-order valence-electron chi connectivity index (χ1n) is 8.31. The van der Waals surface area contributed by atoms with E-state index in [2.05, 4.69) is 4.74 Å². The van der Waals surface area contributed by atoms with Crippen LogP contribution in [0, 0.1) is 11.3 Å². The van der Waals surface area contributed by atoms with E-state index >= 15 is 0 Å². The smallest absolute Gasteiger partial charge is 0.315 e. The van der Waals surface area contributed by atoms with E-state index in [9.17, 15) is 18.0 Å². The molecule has 146 valence electrons. The van der Waals surface area contributed by atoms with E-state index in [1.807, 2.05) is 6.07 Å². The highest BCUT2D eigenvalue weighted by Crippen LogP contribution is 2.18. The van der Waals surface area contributed by atoms with Crippen molar-refractivity contribution in [2.45, 2.75) is 11.3 Å². The van der Waals surface area contributed by atoms with Gasteiger partial charge < -0.3 is 9.64 Å². The topological polar surface area (TPSA) is 108 Å². The number of amides is 1. The lowest BCUT2D eigenvalue weighted by Gasteiger charge is -2.34. The zero-order valence-corrected chi connectivity index (χ0v) is 16.6. The van der Waals surface area contributed by atoms with Crippen LogP contribution in [0.4, 0.5) is 0 Å². The lowest BCUT2D eigenvalue weighted by molar-refractivity contribution is -0.137.